The normalized spacial score (nSPS) is 12.7. The zero-order valence-electron chi connectivity index (χ0n) is 17.7. The molecule has 2 rings (SSSR count). The number of benzene rings is 1. The topological polar surface area (TPSA) is 51.2 Å². The number of halogens is 4. The number of carbonyl (C=O) groups excluding carboxylic acids is 1. The molecule has 162 valence electrons. The number of pyridine rings is 1. The smallest absolute Gasteiger partial charge is 0.408 e. The van der Waals surface area contributed by atoms with Crippen molar-refractivity contribution in [2.45, 2.75) is 58.4 Å². The molecule has 0 aliphatic heterocycles. The maximum atomic E-state index is 13.8. The Labute approximate surface area is 191 Å². The number of nitrogens with one attached hydrogen (secondary N) is 1. The third-order valence-corrected chi connectivity index (χ3v) is 6.45. The highest BCUT2D eigenvalue weighted by Gasteiger charge is 2.39. The zero-order valence-corrected chi connectivity index (χ0v) is 20.8. The fraction of sp³-hybridized carbons (Fsp3) is 0.429. The van der Waals surface area contributed by atoms with Crippen LogP contribution in [0.4, 0.5) is 18.9 Å². The van der Waals surface area contributed by atoms with Gasteiger partial charge in [0.2, 0.25) is 9.76 Å². The standard InChI is InChI=1S/C21H24F3IN2O2Si/c1-12-17(25)9-13(11-26-12)18(28)27-14-7-8-15(16(10-14)21(22,23)24)20(5,6)29-30-19(2,3)4/h7-11H,1-6H3,(H,27,28). The molecule has 0 saturated carbocycles. The Bertz CT molecular complexity index is 941. The van der Waals surface area contributed by atoms with Crippen LogP contribution < -0.4 is 5.32 Å². The van der Waals surface area contributed by atoms with E-state index in [9.17, 15) is 18.0 Å². The highest BCUT2D eigenvalue weighted by atomic mass is 127. The molecule has 1 N–H and O–H groups in total. The van der Waals surface area contributed by atoms with Gasteiger partial charge in [-0.15, -0.1) is 0 Å². The van der Waals surface area contributed by atoms with Gasteiger partial charge in [0.15, 0.2) is 0 Å². The summed E-state index contributed by atoms with van der Waals surface area (Å²) in [5, 5.41) is 2.37. The van der Waals surface area contributed by atoms with Crippen LogP contribution in [-0.2, 0) is 16.2 Å². The third-order valence-electron chi connectivity index (χ3n) is 4.13. The molecule has 0 saturated heterocycles. The Morgan fingerprint density at radius 2 is 1.73 bits per heavy atom. The minimum atomic E-state index is -4.59. The maximum absolute atomic E-state index is 13.8. The third kappa shape index (κ3) is 6.52. The molecule has 0 fully saturated rings. The summed E-state index contributed by atoms with van der Waals surface area (Å²) in [5.41, 5.74) is -0.847. The van der Waals surface area contributed by atoms with Crippen LogP contribution in [-0.4, -0.2) is 20.7 Å². The van der Waals surface area contributed by atoms with Gasteiger partial charge < -0.3 is 9.74 Å². The van der Waals surface area contributed by atoms with Crippen LogP contribution in [0.3, 0.4) is 0 Å². The number of carbonyl (C=O) groups is 1. The van der Waals surface area contributed by atoms with Crippen LogP contribution in [0, 0.1) is 10.5 Å². The van der Waals surface area contributed by atoms with Gasteiger partial charge in [0.05, 0.1) is 22.4 Å². The van der Waals surface area contributed by atoms with E-state index < -0.39 is 23.2 Å². The number of aryl methyl sites for hydroxylation is 1. The summed E-state index contributed by atoms with van der Waals surface area (Å²) in [6.07, 6.45) is -3.20. The van der Waals surface area contributed by atoms with E-state index in [0.717, 1.165) is 15.3 Å². The van der Waals surface area contributed by atoms with E-state index in [1.165, 1.54) is 18.3 Å². The van der Waals surface area contributed by atoms with Crippen molar-refractivity contribution in [3.8, 4) is 0 Å². The molecule has 1 aromatic carbocycles. The summed E-state index contributed by atoms with van der Waals surface area (Å²) in [4.78, 5) is 16.6. The van der Waals surface area contributed by atoms with Crippen molar-refractivity contribution in [3.05, 3.63) is 56.4 Å². The minimum Gasteiger partial charge on any atom is -0.408 e. The van der Waals surface area contributed by atoms with Crippen LogP contribution >= 0.6 is 22.6 Å². The van der Waals surface area contributed by atoms with Gasteiger partial charge in [0.1, 0.15) is 0 Å². The van der Waals surface area contributed by atoms with Crippen molar-refractivity contribution in [2.75, 3.05) is 5.32 Å². The van der Waals surface area contributed by atoms with Gasteiger partial charge in [0.25, 0.3) is 5.91 Å². The Balaban J connectivity index is 2.36. The molecule has 2 radical (unpaired) electrons. The molecule has 9 heteroatoms. The van der Waals surface area contributed by atoms with E-state index in [4.69, 9.17) is 4.43 Å². The highest BCUT2D eigenvalue weighted by Crippen LogP contribution is 2.40. The minimum absolute atomic E-state index is 0.0244. The Morgan fingerprint density at radius 1 is 1.10 bits per heavy atom. The van der Waals surface area contributed by atoms with Crippen LogP contribution in [0.2, 0.25) is 5.04 Å². The summed E-state index contributed by atoms with van der Waals surface area (Å²) in [7, 11) is 0.0257. The monoisotopic (exact) mass is 548 g/mol. The van der Waals surface area contributed by atoms with E-state index in [0.29, 0.717) is 0 Å². The number of anilines is 1. The molecule has 1 heterocycles. The van der Waals surface area contributed by atoms with Crippen molar-refractivity contribution in [2.24, 2.45) is 0 Å². The van der Waals surface area contributed by atoms with Crippen LogP contribution in [0.15, 0.2) is 30.5 Å². The van der Waals surface area contributed by atoms with Gasteiger partial charge in [-0.05, 0) is 72.2 Å². The molecular weight excluding hydrogens is 524 g/mol. The molecule has 0 unspecified atom stereocenters. The first-order valence-electron chi connectivity index (χ1n) is 9.20. The van der Waals surface area contributed by atoms with Gasteiger partial charge in [-0.3, -0.25) is 9.78 Å². The van der Waals surface area contributed by atoms with Gasteiger partial charge in [-0.1, -0.05) is 26.8 Å². The molecule has 0 aliphatic rings. The fourth-order valence-electron chi connectivity index (χ4n) is 2.55. The average Bonchev–Trinajstić information content (AvgIpc) is 2.61. The Morgan fingerprint density at radius 3 is 2.27 bits per heavy atom. The average molecular weight is 548 g/mol. The molecule has 30 heavy (non-hydrogen) atoms. The molecule has 0 atom stereocenters. The first-order chi connectivity index (χ1) is 13.6. The van der Waals surface area contributed by atoms with Crippen molar-refractivity contribution in [1.82, 2.24) is 4.98 Å². The van der Waals surface area contributed by atoms with E-state index in [2.05, 4.69) is 32.9 Å². The largest absolute Gasteiger partial charge is 0.416 e. The lowest BCUT2D eigenvalue weighted by molar-refractivity contribution is -0.139. The molecule has 0 bridgehead atoms. The van der Waals surface area contributed by atoms with E-state index in [1.807, 2.05) is 27.7 Å². The SMILES string of the molecule is Cc1ncc(C(=O)Nc2ccc(C(C)(C)O[Si]C(C)(C)C)c(C(F)(F)F)c2)cc1I. The molecule has 1 aromatic heterocycles. The molecule has 2 aromatic rings. The molecule has 1 amide bonds. The molecule has 0 spiro atoms. The number of rotatable bonds is 5. The fourth-order valence-corrected chi connectivity index (χ4v) is 3.70. The predicted octanol–water partition coefficient (Wildman–Crippen LogP) is 6.36. The lowest BCUT2D eigenvalue weighted by Crippen LogP contribution is -2.30. The summed E-state index contributed by atoms with van der Waals surface area (Å²) in [6.45, 7) is 10.9. The van der Waals surface area contributed by atoms with Crippen molar-refractivity contribution in [3.63, 3.8) is 0 Å². The number of nitrogens with zero attached hydrogens (tertiary/aromatic N) is 1. The lowest BCUT2D eigenvalue weighted by atomic mass is 9.92. The summed E-state index contributed by atoms with van der Waals surface area (Å²) in [5.74, 6) is -0.522. The van der Waals surface area contributed by atoms with Crippen LogP contribution in [0.25, 0.3) is 0 Å². The first kappa shape index (κ1) is 24.8. The molecular formula is C21H24F3IN2O2Si. The Kier molecular flexibility index (Phi) is 7.40. The van der Waals surface area contributed by atoms with Crippen molar-refractivity contribution >= 4 is 43.9 Å². The maximum Gasteiger partial charge on any atom is 0.416 e. The van der Waals surface area contributed by atoms with Crippen molar-refractivity contribution < 1.29 is 22.4 Å². The predicted molar refractivity (Wildman–Crippen MR) is 121 cm³/mol. The highest BCUT2D eigenvalue weighted by molar-refractivity contribution is 14.1. The van der Waals surface area contributed by atoms with Crippen LogP contribution in [0.1, 0.15) is 61.8 Å². The van der Waals surface area contributed by atoms with E-state index in [1.54, 1.807) is 19.9 Å². The van der Waals surface area contributed by atoms with E-state index >= 15 is 0 Å². The zero-order chi connectivity index (χ0) is 22.9. The van der Waals surface area contributed by atoms with Crippen molar-refractivity contribution in [1.29, 1.82) is 0 Å². The summed E-state index contributed by atoms with van der Waals surface area (Å²) in [6, 6.07) is 5.41. The number of aromatic nitrogens is 1. The quantitative estimate of drug-likeness (QED) is 0.350. The number of hydrogen-bond donors (Lipinski definition) is 1. The van der Waals surface area contributed by atoms with E-state index in [-0.39, 0.29) is 31.6 Å². The summed E-state index contributed by atoms with van der Waals surface area (Å²) < 4.78 is 48.1. The first-order valence-corrected chi connectivity index (χ1v) is 11.2. The van der Waals surface area contributed by atoms with Crippen LogP contribution in [0.5, 0.6) is 0 Å². The number of alkyl halides is 3. The second-order valence-electron chi connectivity index (χ2n) is 8.47. The van der Waals surface area contributed by atoms with Gasteiger partial charge in [-0.25, -0.2) is 0 Å². The second-order valence-corrected chi connectivity index (χ2v) is 11.5. The Hall–Kier alpha value is -1.46. The number of hydrogen-bond acceptors (Lipinski definition) is 3. The van der Waals surface area contributed by atoms with Gasteiger partial charge in [-0.2, -0.15) is 13.2 Å². The lowest BCUT2D eigenvalue weighted by Gasteiger charge is -2.32. The van der Waals surface area contributed by atoms with Gasteiger partial charge in [0, 0.05) is 15.5 Å². The molecule has 4 nitrogen and oxygen atoms in total. The second kappa shape index (κ2) is 8.95. The summed E-state index contributed by atoms with van der Waals surface area (Å²) >= 11 is 2.05. The number of amides is 1. The molecule has 0 aliphatic carbocycles. The van der Waals surface area contributed by atoms with Gasteiger partial charge >= 0.3 is 6.18 Å².